The maximum atomic E-state index is 12.2. The van der Waals surface area contributed by atoms with Crippen molar-refractivity contribution in [2.45, 2.75) is 6.17 Å². The van der Waals surface area contributed by atoms with Crippen molar-refractivity contribution < 1.29 is 9.53 Å². The van der Waals surface area contributed by atoms with Crippen LogP contribution in [0.3, 0.4) is 0 Å². The van der Waals surface area contributed by atoms with Crippen molar-refractivity contribution in [3.8, 4) is 5.75 Å². The normalized spacial score (nSPS) is 17.4. The highest BCUT2D eigenvalue weighted by atomic mass is 16.5. The van der Waals surface area contributed by atoms with Crippen molar-refractivity contribution >= 4 is 11.6 Å². The third-order valence-electron chi connectivity index (χ3n) is 3.62. The topological polar surface area (TPSA) is 41.6 Å². The van der Waals surface area contributed by atoms with Crippen LogP contribution in [0, 0.1) is 0 Å². The summed E-state index contributed by atoms with van der Waals surface area (Å²) in [6.45, 7) is 0. The van der Waals surface area contributed by atoms with Crippen molar-refractivity contribution in [3.63, 3.8) is 0 Å². The maximum Gasteiger partial charge on any atom is 0.255 e. The van der Waals surface area contributed by atoms with Crippen LogP contribution in [0.2, 0.25) is 0 Å². The van der Waals surface area contributed by atoms with Gasteiger partial charge in [-0.2, -0.15) is 0 Å². The molecule has 0 saturated heterocycles. The molecule has 1 heterocycles. The minimum Gasteiger partial charge on any atom is -0.497 e. The molecule has 0 saturated carbocycles. The molecule has 1 atom stereocenters. The van der Waals surface area contributed by atoms with Crippen molar-refractivity contribution in [2.24, 2.45) is 0 Å². The Hall–Kier alpha value is -2.49. The van der Waals surface area contributed by atoms with E-state index in [-0.39, 0.29) is 12.1 Å². The second kappa shape index (κ2) is 4.89. The third-order valence-corrected chi connectivity index (χ3v) is 3.62. The Morgan fingerprint density at radius 3 is 2.50 bits per heavy atom. The van der Waals surface area contributed by atoms with E-state index < -0.39 is 0 Å². The van der Waals surface area contributed by atoms with Crippen LogP contribution in [-0.4, -0.2) is 20.1 Å². The van der Waals surface area contributed by atoms with Gasteiger partial charge in [0, 0.05) is 7.05 Å². The largest absolute Gasteiger partial charge is 0.497 e. The number of hydrogen-bond donors (Lipinski definition) is 1. The van der Waals surface area contributed by atoms with Gasteiger partial charge in [0.2, 0.25) is 0 Å². The number of hydrogen-bond acceptors (Lipinski definition) is 3. The van der Waals surface area contributed by atoms with Gasteiger partial charge < -0.3 is 15.0 Å². The minimum atomic E-state index is -0.164. The Labute approximate surface area is 118 Å². The monoisotopic (exact) mass is 268 g/mol. The van der Waals surface area contributed by atoms with Crippen molar-refractivity contribution in [2.75, 3.05) is 19.1 Å². The lowest BCUT2D eigenvalue weighted by Gasteiger charge is -2.36. The standard InChI is InChI=1S/C16H16N2O2/c1-18-14-6-4-3-5-13(14)16(19)17-15(18)11-7-9-12(20-2)10-8-11/h3-10,15H,1-2H3,(H,17,19). The quantitative estimate of drug-likeness (QED) is 0.910. The summed E-state index contributed by atoms with van der Waals surface area (Å²) in [5.41, 5.74) is 2.67. The number of methoxy groups -OCH3 is 1. The van der Waals surface area contributed by atoms with E-state index in [2.05, 4.69) is 10.2 Å². The second-order valence-corrected chi connectivity index (χ2v) is 4.78. The zero-order valence-corrected chi connectivity index (χ0v) is 11.5. The first-order chi connectivity index (χ1) is 9.70. The van der Waals surface area contributed by atoms with E-state index in [1.165, 1.54) is 0 Å². The number of ether oxygens (including phenoxy) is 1. The Morgan fingerprint density at radius 1 is 1.10 bits per heavy atom. The lowest BCUT2D eigenvalue weighted by Crippen LogP contribution is -2.44. The lowest BCUT2D eigenvalue weighted by molar-refractivity contribution is 0.0928. The minimum absolute atomic E-state index is 0.0421. The molecule has 2 aromatic rings. The van der Waals surface area contributed by atoms with Gasteiger partial charge in [-0.25, -0.2) is 0 Å². The fourth-order valence-electron chi connectivity index (χ4n) is 2.50. The molecular formula is C16H16N2O2. The summed E-state index contributed by atoms with van der Waals surface area (Å²) in [7, 11) is 3.62. The van der Waals surface area contributed by atoms with E-state index in [1.54, 1.807) is 7.11 Å². The molecule has 0 aliphatic carbocycles. The Balaban J connectivity index is 1.97. The molecule has 0 aromatic heterocycles. The average molecular weight is 268 g/mol. The fourth-order valence-corrected chi connectivity index (χ4v) is 2.50. The first-order valence-electron chi connectivity index (χ1n) is 6.47. The van der Waals surface area contributed by atoms with Gasteiger partial charge in [0.05, 0.1) is 18.4 Å². The van der Waals surface area contributed by atoms with Gasteiger partial charge in [0.15, 0.2) is 0 Å². The molecule has 0 radical (unpaired) electrons. The lowest BCUT2D eigenvalue weighted by atomic mass is 10.0. The molecule has 1 N–H and O–H groups in total. The number of anilines is 1. The Kier molecular flexibility index (Phi) is 3.06. The highest BCUT2D eigenvalue weighted by molar-refractivity contribution is 6.01. The number of amides is 1. The molecule has 4 heteroatoms. The zero-order chi connectivity index (χ0) is 14.1. The maximum absolute atomic E-state index is 12.2. The van der Waals surface area contributed by atoms with E-state index in [1.807, 2.05) is 55.6 Å². The fraction of sp³-hybridized carbons (Fsp3) is 0.188. The molecule has 4 nitrogen and oxygen atoms in total. The van der Waals surface area contributed by atoms with Crippen LogP contribution in [0.4, 0.5) is 5.69 Å². The average Bonchev–Trinajstić information content (AvgIpc) is 2.51. The molecule has 1 aliphatic heterocycles. The molecule has 2 aromatic carbocycles. The molecule has 3 rings (SSSR count). The van der Waals surface area contributed by atoms with Crippen molar-refractivity contribution in [1.82, 2.24) is 5.32 Å². The van der Waals surface area contributed by atoms with E-state index in [4.69, 9.17) is 4.74 Å². The summed E-state index contributed by atoms with van der Waals surface area (Å²) < 4.78 is 5.16. The smallest absolute Gasteiger partial charge is 0.255 e. The van der Waals surface area contributed by atoms with Gasteiger partial charge in [0.25, 0.3) is 5.91 Å². The molecule has 0 bridgehead atoms. The van der Waals surface area contributed by atoms with Crippen LogP contribution < -0.4 is 15.0 Å². The molecular weight excluding hydrogens is 252 g/mol. The third kappa shape index (κ3) is 1.99. The second-order valence-electron chi connectivity index (χ2n) is 4.78. The van der Waals surface area contributed by atoms with E-state index in [0.29, 0.717) is 5.56 Å². The number of fused-ring (bicyclic) bond motifs is 1. The molecule has 1 aliphatic rings. The Morgan fingerprint density at radius 2 is 1.80 bits per heavy atom. The summed E-state index contributed by atoms with van der Waals surface area (Å²) in [6.07, 6.45) is -0.164. The van der Waals surface area contributed by atoms with Crippen molar-refractivity contribution in [1.29, 1.82) is 0 Å². The number of nitrogens with zero attached hydrogens (tertiary/aromatic N) is 1. The first-order valence-corrected chi connectivity index (χ1v) is 6.47. The predicted octanol–water partition coefficient (Wildman–Crippen LogP) is 2.57. The van der Waals surface area contributed by atoms with Crippen LogP contribution >= 0.6 is 0 Å². The molecule has 102 valence electrons. The zero-order valence-electron chi connectivity index (χ0n) is 11.5. The van der Waals surface area contributed by atoms with Crippen LogP contribution in [0.5, 0.6) is 5.75 Å². The van der Waals surface area contributed by atoms with Crippen molar-refractivity contribution in [3.05, 3.63) is 59.7 Å². The van der Waals surface area contributed by atoms with Gasteiger partial charge in [0.1, 0.15) is 11.9 Å². The van der Waals surface area contributed by atoms with Gasteiger partial charge >= 0.3 is 0 Å². The number of rotatable bonds is 2. The van der Waals surface area contributed by atoms with Gasteiger partial charge in [-0.1, -0.05) is 24.3 Å². The molecule has 0 spiro atoms. The Bertz CT molecular complexity index is 637. The predicted molar refractivity (Wildman–Crippen MR) is 78.0 cm³/mol. The van der Waals surface area contributed by atoms with Gasteiger partial charge in [-0.15, -0.1) is 0 Å². The summed E-state index contributed by atoms with van der Waals surface area (Å²) in [5, 5.41) is 3.02. The number of carbonyl (C=O) groups excluding carboxylic acids is 1. The summed E-state index contributed by atoms with van der Waals surface area (Å²) in [6, 6.07) is 15.4. The van der Waals surface area contributed by atoms with E-state index in [9.17, 15) is 4.79 Å². The molecule has 20 heavy (non-hydrogen) atoms. The molecule has 1 unspecified atom stereocenters. The van der Waals surface area contributed by atoms with Crippen LogP contribution in [0.15, 0.2) is 48.5 Å². The van der Waals surface area contributed by atoms with Crippen LogP contribution in [-0.2, 0) is 0 Å². The highest BCUT2D eigenvalue weighted by Gasteiger charge is 2.28. The first kappa shape index (κ1) is 12.5. The summed E-state index contributed by atoms with van der Waals surface area (Å²) in [4.78, 5) is 14.2. The SMILES string of the molecule is COc1ccc(C2NC(=O)c3ccccc3N2C)cc1. The number of benzene rings is 2. The van der Waals surface area contributed by atoms with Gasteiger partial charge in [-0.3, -0.25) is 4.79 Å². The number of para-hydroxylation sites is 1. The number of carbonyl (C=O) groups is 1. The van der Waals surface area contributed by atoms with Crippen LogP contribution in [0.25, 0.3) is 0 Å². The van der Waals surface area contributed by atoms with Gasteiger partial charge in [-0.05, 0) is 29.8 Å². The summed E-state index contributed by atoms with van der Waals surface area (Å²) >= 11 is 0. The molecule has 0 fully saturated rings. The van der Waals surface area contributed by atoms with E-state index in [0.717, 1.165) is 17.0 Å². The van der Waals surface area contributed by atoms with Crippen LogP contribution in [0.1, 0.15) is 22.1 Å². The van der Waals surface area contributed by atoms with E-state index >= 15 is 0 Å². The highest BCUT2D eigenvalue weighted by Crippen LogP contribution is 2.31. The number of nitrogens with one attached hydrogen (secondary N) is 1. The summed E-state index contributed by atoms with van der Waals surface area (Å²) in [5.74, 6) is 0.762. The molecule has 1 amide bonds.